The molecule has 0 aliphatic rings. The van der Waals surface area contributed by atoms with Gasteiger partial charge < -0.3 is 15.4 Å². The zero-order valence-electron chi connectivity index (χ0n) is 17.5. The van der Waals surface area contributed by atoms with Crippen LogP contribution in [0, 0.1) is 3.57 Å². The van der Waals surface area contributed by atoms with Crippen LogP contribution in [0.1, 0.15) is 38.2 Å². The van der Waals surface area contributed by atoms with Gasteiger partial charge in [0.25, 0.3) is 0 Å². The number of hydrogen-bond donors (Lipinski definition) is 2. The number of anilines is 4. The number of nitrogens with one attached hydrogen (secondary N) is 2. The normalized spacial score (nSPS) is 11.3. The molecule has 9 heteroatoms. The number of unbranched alkanes of at least 4 members (excludes halogenated alkanes) is 3. The number of halogens is 4. The van der Waals surface area contributed by atoms with Gasteiger partial charge in [-0.2, -0.15) is 18.2 Å². The molecule has 1 heterocycles. The molecule has 5 nitrogen and oxygen atoms in total. The minimum atomic E-state index is -4.60. The highest BCUT2D eigenvalue weighted by Gasteiger charge is 2.35. The number of rotatable bonds is 10. The van der Waals surface area contributed by atoms with Crippen LogP contribution in [0.5, 0.6) is 5.75 Å². The third-order valence-corrected chi connectivity index (χ3v) is 5.28. The van der Waals surface area contributed by atoms with Gasteiger partial charge in [-0.05, 0) is 65.4 Å². The second-order valence-electron chi connectivity index (χ2n) is 7.15. The smallest absolute Gasteiger partial charge is 0.421 e. The third-order valence-electron chi connectivity index (χ3n) is 4.56. The average Bonchev–Trinajstić information content (AvgIpc) is 2.75. The summed E-state index contributed by atoms with van der Waals surface area (Å²) < 4.78 is 47.4. The van der Waals surface area contributed by atoms with Crippen LogP contribution in [0.3, 0.4) is 0 Å². The Morgan fingerprint density at radius 3 is 2.47 bits per heavy atom. The van der Waals surface area contributed by atoms with E-state index in [0.717, 1.165) is 35.5 Å². The number of alkyl halides is 3. The summed E-state index contributed by atoms with van der Waals surface area (Å²) in [5.41, 5.74) is 0.173. The molecule has 0 bridgehead atoms. The van der Waals surface area contributed by atoms with Crippen molar-refractivity contribution < 1.29 is 17.9 Å². The Kier molecular flexibility index (Phi) is 8.54. The summed E-state index contributed by atoms with van der Waals surface area (Å²) in [6.45, 7) is 2.70. The van der Waals surface area contributed by atoms with E-state index in [1.807, 2.05) is 12.1 Å². The van der Waals surface area contributed by atoms with Gasteiger partial charge in [-0.25, -0.2) is 4.98 Å². The van der Waals surface area contributed by atoms with Crippen LogP contribution in [0.2, 0.25) is 0 Å². The van der Waals surface area contributed by atoms with Gasteiger partial charge in [-0.3, -0.25) is 0 Å². The fraction of sp³-hybridized carbons (Fsp3) is 0.304. The summed E-state index contributed by atoms with van der Waals surface area (Å²) in [5.74, 6) is 0.317. The molecule has 2 aromatic carbocycles. The predicted molar refractivity (Wildman–Crippen MR) is 129 cm³/mol. The van der Waals surface area contributed by atoms with Crippen molar-refractivity contribution in [2.75, 3.05) is 17.2 Å². The van der Waals surface area contributed by atoms with E-state index in [0.29, 0.717) is 23.7 Å². The number of aromatic nitrogens is 2. The minimum Gasteiger partial charge on any atom is -0.494 e. The first-order valence-corrected chi connectivity index (χ1v) is 11.4. The van der Waals surface area contributed by atoms with Gasteiger partial charge in [0.05, 0.1) is 6.61 Å². The van der Waals surface area contributed by atoms with Gasteiger partial charge in [0.15, 0.2) is 0 Å². The Morgan fingerprint density at radius 2 is 1.75 bits per heavy atom. The average molecular weight is 556 g/mol. The third kappa shape index (κ3) is 7.25. The van der Waals surface area contributed by atoms with E-state index >= 15 is 0 Å². The quantitative estimate of drug-likeness (QED) is 0.200. The van der Waals surface area contributed by atoms with Gasteiger partial charge >= 0.3 is 6.18 Å². The molecule has 0 saturated carbocycles. The molecule has 0 radical (unpaired) electrons. The van der Waals surface area contributed by atoms with Crippen LogP contribution in [-0.2, 0) is 6.18 Å². The Morgan fingerprint density at radius 1 is 0.969 bits per heavy atom. The van der Waals surface area contributed by atoms with E-state index in [1.165, 1.54) is 0 Å². The van der Waals surface area contributed by atoms with E-state index in [-0.39, 0.29) is 11.8 Å². The van der Waals surface area contributed by atoms with Crippen molar-refractivity contribution in [1.82, 2.24) is 9.97 Å². The number of nitrogens with zero attached hydrogens (tertiary/aromatic N) is 2. The lowest BCUT2D eigenvalue weighted by atomic mass is 10.2. The zero-order valence-corrected chi connectivity index (χ0v) is 19.7. The summed E-state index contributed by atoms with van der Waals surface area (Å²) in [6.07, 6.45) is 0.483. The maximum atomic E-state index is 13.5. The van der Waals surface area contributed by atoms with Crippen LogP contribution in [0.15, 0.2) is 54.7 Å². The second kappa shape index (κ2) is 11.3. The molecule has 0 amide bonds. The molecule has 32 heavy (non-hydrogen) atoms. The van der Waals surface area contributed by atoms with E-state index in [1.54, 1.807) is 36.4 Å². The number of ether oxygens (including phenoxy) is 1. The SMILES string of the molecule is CCCCCCOc1cccc(Nc2nc(Nc3ccc(I)cc3)ncc2C(F)(F)F)c1. The fourth-order valence-corrected chi connectivity index (χ4v) is 3.29. The molecule has 0 saturated heterocycles. The Balaban J connectivity index is 1.77. The van der Waals surface area contributed by atoms with Crippen LogP contribution < -0.4 is 15.4 Å². The first-order chi connectivity index (χ1) is 15.3. The fourth-order valence-electron chi connectivity index (χ4n) is 2.93. The molecule has 3 aromatic rings. The lowest BCUT2D eigenvalue weighted by Crippen LogP contribution is -2.12. The van der Waals surface area contributed by atoms with Crippen LogP contribution in [0.25, 0.3) is 0 Å². The summed E-state index contributed by atoms with van der Waals surface area (Å²) in [5, 5.41) is 5.71. The second-order valence-corrected chi connectivity index (χ2v) is 8.39. The molecule has 0 fully saturated rings. The monoisotopic (exact) mass is 556 g/mol. The molecule has 0 atom stereocenters. The topological polar surface area (TPSA) is 59.1 Å². The summed E-state index contributed by atoms with van der Waals surface area (Å²) >= 11 is 2.17. The van der Waals surface area contributed by atoms with Crippen molar-refractivity contribution in [2.45, 2.75) is 38.8 Å². The van der Waals surface area contributed by atoms with E-state index in [4.69, 9.17) is 4.74 Å². The maximum absolute atomic E-state index is 13.5. The van der Waals surface area contributed by atoms with Gasteiger partial charge in [0.1, 0.15) is 17.1 Å². The van der Waals surface area contributed by atoms with Gasteiger partial charge in [0.2, 0.25) is 5.95 Å². The van der Waals surface area contributed by atoms with Crippen LogP contribution >= 0.6 is 22.6 Å². The van der Waals surface area contributed by atoms with Crippen molar-refractivity contribution in [1.29, 1.82) is 0 Å². The summed E-state index contributed by atoms with van der Waals surface area (Å²) in [4.78, 5) is 7.92. The Labute approximate surface area is 199 Å². The van der Waals surface area contributed by atoms with Crippen molar-refractivity contribution >= 4 is 45.7 Å². The van der Waals surface area contributed by atoms with E-state index in [2.05, 4.69) is 50.1 Å². The van der Waals surface area contributed by atoms with Crippen molar-refractivity contribution in [3.05, 3.63) is 63.9 Å². The molecule has 0 aliphatic heterocycles. The largest absolute Gasteiger partial charge is 0.494 e. The maximum Gasteiger partial charge on any atom is 0.421 e. The molecule has 0 spiro atoms. The number of hydrogen-bond acceptors (Lipinski definition) is 5. The van der Waals surface area contributed by atoms with Crippen molar-refractivity contribution in [3.63, 3.8) is 0 Å². The zero-order chi connectivity index (χ0) is 23.0. The molecule has 3 rings (SSSR count). The number of benzene rings is 2. The molecule has 1 aromatic heterocycles. The molecule has 0 unspecified atom stereocenters. The summed E-state index contributed by atoms with van der Waals surface area (Å²) in [6, 6.07) is 14.2. The van der Waals surface area contributed by atoms with Gasteiger partial charge in [-0.1, -0.05) is 32.3 Å². The lowest BCUT2D eigenvalue weighted by Gasteiger charge is -2.15. The predicted octanol–water partition coefficient (Wildman–Crippen LogP) is 7.55. The molecular formula is C23H24F3IN4O. The van der Waals surface area contributed by atoms with E-state index < -0.39 is 11.7 Å². The Hall–Kier alpha value is -2.56. The summed E-state index contributed by atoms with van der Waals surface area (Å²) in [7, 11) is 0. The standard InChI is InChI=1S/C23H24F3IN4O/c1-2-3-4-5-13-32-19-8-6-7-18(14-19)29-21-20(23(24,25)26)15-28-22(31-21)30-17-11-9-16(27)10-12-17/h6-12,14-15H,2-5,13H2,1H3,(H2,28,29,30,31). The highest BCUT2D eigenvalue weighted by atomic mass is 127. The molecular weight excluding hydrogens is 532 g/mol. The van der Waals surface area contributed by atoms with Gasteiger partial charge in [-0.15, -0.1) is 0 Å². The minimum absolute atomic E-state index is 0.0602. The first kappa shape index (κ1) is 24.1. The highest BCUT2D eigenvalue weighted by Crippen LogP contribution is 2.35. The lowest BCUT2D eigenvalue weighted by molar-refractivity contribution is -0.137. The van der Waals surface area contributed by atoms with Crippen LogP contribution in [-0.4, -0.2) is 16.6 Å². The van der Waals surface area contributed by atoms with Crippen LogP contribution in [0.4, 0.5) is 36.3 Å². The van der Waals surface area contributed by atoms with Gasteiger partial charge in [0, 0.05) is 27.2 Å². The van der Waals surface area contributed by atoms with Crippen molar-refractivity contribution in [2.24, 2.45) is 0 Å². The first-order valence-electron chi connectivity index (χ1n) is 10.3. The Bertz CT molecular complexity index is 1010. The molecule has 0 aliphatic carbocycles. The molecule has 2 N–H and O–H groups in total. The van der Waals surface area contributed by atoms with Crippen molar-refractivity contribution in [3.8, 4) is 5.75 Å². The molecule has 170 valence electrons. The van der Waals surface area contributed by atoms with E-state index in [9.17, 15) is 13.2 Å². The highest BCUT2D eigenvalue weighted by molar-refractivity contribution is 14.1.